The zero-order valence-corrected chi connectivity index (χ0v) is 15.6. The van der Waals surface area contributed by atoms with Crippen LogP contribution in [0.5, 0.6) is 0 Å². The molecule has 6 N–H and O–H groups in total. The largest absolute Gasteiger partial charge is 0.398 e. The number of benzene rings is 2. The number of thiocarbonyl (C=S) groups is 1. The molecule has 0 spiro atoms. The van der Waals surface area contributed by atoms with Crippen LogP contribution in [-0.4, -0.2) is 10.9 Å². The Hall–Kier alpha value is -2.44. The molecule has 0 aliphatic heterocycles. The maximum atomic E-state index is 6.44. The van der Waals surface area contributed by atoms with Crippen LogP contribution in [0.4, 0.5) is 5.69 Å². The van der Waals surface area contributed by atoms with Crippen molar-refractivity contribution in [3.8, 4) is 10.4 Å². The molecule has 0 saturated heterocycles. The van der Waals surface area contributed by atoms with Crippen LogP contribution in [0.3, 0.4) is 0 Å². The van der Waals surface area contributed by atoms with Crippen molar-refractivity contribution in [3.63, 3.8) is 0 Å². The van der Waals surface area contributed by atoms with E-state index >= 15 is 0 Å². The van der Waals surface area contributed by atoms with Crippen molar-refractivity contribution in [2.75, 3.05) is 5.73 Å². The zero-order chi connectivity index (χ0) is 18.0. The van der Waals surface area contributed by atoms with Gasteiger partial charge in [0.25, 0.3) is 0 Å². The predicted molar refractivity (Wildman–Crippen MR) is 113 cm³/mol. The standard InChI is InChI=1S/C19H20N4S2/c1-2-5-11-8-13(16-10-12-6-3-4-7-15(12)25-16)17(20)14(9-11)18(21)23-19(22)24/h3-4,6-10H,2,5,20H2,1H3,(H4,21,22,23,24). The molecule has 2 aromatic carbocycles. The fraction of sp³-hybridized carbons (Fsp3) is 0.158. The van der Waals surface area contributed by atoms with E-state index in [0.717, 1.165) is 23.3 Å². The Morgan fingerprint density at radius 1 is 1.16 bits per heavy atom. The topological polar surface area (TPSA) is 90.4 Å². The van der Waals surface area contributed by atoms with Gasteiger partial charge in [0.1, 0.15) is 5.84 Å². The van der Waals surface area contributed by atoms with Crippen molar-refractivity contribution < 1.29 is 0 Å². The number of hydrogen-bond donors (Lipinski definition) is 3. The van der Waals surface area contributed by atoms with E-state index in [4.69, 9.17) is 29.4 Å². The Morgan fingerprint density at radius 2 is 1.92 bits per heavy atom. The van der Waals surface area contributed by atoms with Crippen molar-refractivity contribution in [1.82, 2.24) is 0 Å². The second kappa shape index (κ2) is 7.21. The number of nitrogen functional groups attached to an aromatic ring is 1. The van der Waals surface area contributed by atoms with Gasteiger partial charge in [0, 0.05) is 20.7 Å². The van der Waals surface area contributed by atoms with Crippen molar-refractivity contribution in [2.24, 2.45) is 16.5 Å². The second-order valence-electron chi connectivity index (χ2n) is 5.84. The van der Waals surface area contributed by atoms with E-state index in [1.807, 2.05) is 18.2 Å². The summed E-state index contributed by atoms with van der Waals surface area (Å²) in [5, 5.41) is 1.20. The molecule has 3 aromatic rings. The minimum Gasteiger partial charge on any atom is -0.398 e. The summed E-state index contributed by atoms with van der Waals surface area (Å²) in [6.07, 6.45) is 1.97. The number of nitrogens with two attached hydrogens (primary N) is 3. The first-order valence-corrected chi connectivity index (χ1v) is 9.27. The van der Waals surface area contributed by atoms with Crippen LogP contribution in [0.15, 0.2) is 47.5 Å². The van der Waals surface area contributed by atoms with Crippen LogP contribution in [0.2, 0.25) is 0 Å². The highest BCUT2D eigenvalue weighted by Gasteiger charge is 2.15. The fourth-order valence-corrected chi connectivity index (χ4v) is 4.05. The molecule has 1 heterocycles. The number of fused-ring (bicyclic) bond motifs is 1. The van der Waals surface area contributed by atoms with E-state index in [1.165, 1.54) is 15.6 Å². The van der Waals surface area contributed by atoms with Gasteiger partial charge in [0.15, 0.2) is 5.11 Å². The maximum Gasteiger partial charge on any atom is 0.192 e. The Morgan fingerprint density at radius 3 is 2.60 bits per heavy atom. The summed E-state index contributed by atoms with van der Waals surface area (Å²) in [6, 6.07) is 14.6. The third-order valence-electron chi connectivity index (χ3n) is 3.98. The Labute approximate surface area is 156 Å². The number of nitrogens with zero attached hydrogens (tertiary/aromatic N) is 1. The highest BCUT2D eigenvalue weighted by molar-refractivity contribution is 7.80. The maximum absolute atomic E-state index is 6.44. The molecule has 1 aromatic heterocycles. The highest BCUT2D eigenvalue weighted by atomic mass is 32.1. The fourth-order valence-electron chi connectivity index (χ4n) is 2.86. The van der Waals surface area contributed by atoms with Gasteiger partial charge >= 0.3 is 0 Å². The third-order valence-corrected chi connectivity index (χ3v) is 5.22. The summed E-state index contributed by atoms with van der Waals surface area (Å²) in [6.45, 7) is 2.14. The first kappa shape index (κ1) is 17.4. The number of hydrogen-bond acceptors (Lipinski definition) is 3. The molecule has 0 saturated carbocycles. The Kier molecular flexibility index (Phi) is 5.01. The molecule has 128 valence electrons. The first-order valence-electron chi connectivity index (χ1n) is 8.05. The lowest BCUT2D eigenvalue weighted by atomic mass is 9.98. The first-order chi connectivity index (χ1) is 12.0. The number of anilines is 1. The summed E-state index contributed by atoms with van der Waals surface area (Å²) >= 11 is 6.56. The van der Waals surface area contributed by atoms with Crippen LogP contribution < -0.4 is 17.2 Å². The molecule has 0 aliphatic carbocycles. The number of aryl methyl sites for hydroxylation is 1. The van der Waals surface area contributed by atoms with Crippen LogP contribution in [0.1, 0.15) is 24.5 Å². The monoisotopic (exact) mass is 368 g/mol. The molecule has 0 aliphatic rings. The quantitative estimate of drug-likeness (QED) is 0.280. The minimum atomic E-state index is 0.00112. The van der Waals surface area contributed by atoms with Gasteiger partial charge in [-0.3, -0.25) is 0 Å². The number of aliphatic imine (C=N–C) groups is 1. The van der Waals surface area contributed by atoms with Crippen LogP contribution in [0.25, 0.3) is 20.5 Å². The highest BCUT2D eigenvalue weighted by Crippen LogP contribution is 2.38. The van der Waals surface area contributed by atoms with E-state index in [0.29, 0.717) is 11.3 Å². The van der Waals surface area contributed by atoms with E-state index < -0.39 is 0 Å². The average Bonchev–Trinajstić information content (AvgIpc) is 2.99. The molecule has 4 nitrogen and oxygen atoms in total. The summed E-state index contributed by atoms with van der Waals surface area (Å²) < 4.78 is 1.23. The van der Waals surface area contributed by atoms with Gasteiger partial charge in [-0.05, 0) is 53.9 Å². The second-order valence-corrected chi connectivity index (χ2v) is 7.34. The van der Waals surface area contributed by atoms with Crippen LogP contribution in [-0.2, 0) is 6.42 Å². The molecule has 0 atom stereocenters. The van der Waals surface area contributed by atoms with Gasteiger partial charge in [0.2, 0.25) is 0 Å². The average molecular weight is 369 g/mol. The van der Waals surface area contributed by atoms with E-state index in [1.54, 1.807) is 11.3 Å². The van der Waals surface area contributed by atoms with Gasteiger partial charge in [-0.1, -0.05) is 31.5 Å². The summed E-state index contributed by atoms with van der Waals surface area (Å²) in [4.78, 5) is 5.13. The van der Waals surface area contributed by atoms with Crippen molar-refractivity contribution >= 4 is 50.3 Å². The SMILES string of the molecule is CCCc1cc(/C(N)=N/C(N)=S)c(N)c(-c2cc3ccccc3s2)c1. The molecule has 25 heavy (non-hydrogen) atoms. The van der Waals surface area contributed by atoms with Gasteiger partial charge < -0.3 is 17.2 Å². The van der Waals surface area contributed by atoms with E-state index in [2.05, 4.69) is 36.2 Å². The molecule has 0 bridgehead atoms. The smallest absolute Gasteiger partial charge is 0.192 e. The minimum absolute atomic E-state index is 0.00112. The van der Waals surface area contributed by atoms with Gasteiger partial charge in [0.05, 0.1) is 5.69 Å². The molecule has 0 amide bonds. The van der Waals surface area contributed by atoms with Gasteiger partial charge in [-0.2, -0.15) is 0 Å². The van der Waals surface area contributed by atoms with Crippen molar-refractivity contribution in [1.29, 1.82) is 0 Å². The lowest BCUT2D eigenvalue weighted by Crippen LogP contribution is -2.20. The molecule has 0 fully saturated rings. The molecular weight excluding hydrogens is 348 g/mol. The lowest BCUT2D eigenvalue weighted by molar-refractivity contribution is 0.922. The summed E-state index contributed by atoms with van der Waals surface area (Å²) in [5.41, 5.74) is 21.5. The Balaban J connectivity index is 2.21. The van der Waals surface area contributed by atoms with E-state index in [-0.39, 0.29) is 10.9 Å². The van der Waals surface area contributed by atoms with Crippen LogP contribution >= 0.6 is 23.6 Å². The molecule has 0 radical (unpaired) electrons. The number of thiophene rings is 1. The molecular formula is C19H20N4S2. The molecule has 3 rings (SSSR count). The van der Waals surface area contributed by atoms with Crippen molar-refractivity contribution in [2.45, 2.75) is 19.8 Å². The summed E-state index contributed by atoms with van der Waals surface area (Å²) in [7, 11) is 0. The van der Waals surface area contributed by atoms with Crippen LogP contribution in [0, 0.1) is 0 Å². The van der Waals surface area contributed by atoms with Crippen molar-refractivity contribution in [3.05, 3.63) is 53.6 Å². The number of rotatable bonds is 4. The molecule has 6 heteroatoms. The van der Waals surface area contributed by atoms with Gasteiger partial charge in [-0.15, -0.1) is 11.3 Å². The lowest BCUT2D eigenvalue weighted by Gasteiger charge is -2.13. The van der Waals surface area contributed by atoms with E-state index in [9.17, 15) is 0 Å². The zero-order valence-electron chi connectivity index (χ0n) is 14.0. The molecule has 0 unspecified atom stereocenters. The Bertz CT molecular complexity index is 940. The van der Waals surface area contributed by atoms with Gasteiger partial charge in [-0.25, -0.2) is 4.99 Å². The third kappa shape index (κ3) is 3.65. The predicted octanol–water partition coefficient (Wildman–Crippen LogP) is 4.05. The summed E-state index contributed by atoms with van der Waals surface area (Å²) in [5.74, 6) is 0.255. The number of amidine groups is 1. The normalized spacial score (nSPS) is 11.8.